The summed E-state index contributed by atoms with van der Waals surface area (Å²) in [4.78, 5) is 14.8. The Kier molecular flexibility index (Phi) is 4.84. The Hall–Kier alpha value is -3.19. The van der Waals surface area contributed by atoms with Crippen LogP contribution >= 0.6 is 11.3 Å². The zero-order valence-electron chi connectivity index (χ0n) is 15.1. The first kappa shape index (κ1) is 17.2. The van der Waals surface area contributed by atoms with E-state index in [4.69, 9.17) is 9.72 Å². The maximum absolute atomic E-state index is 5.41. The van der Waals surface area contributed by atoms with Gasteiger partial charge in [-0.15, -0.1) is 11.3 Å². The number of imidazole rings is 1. The first-order valence-corrected chi connectivity index (χ1v) is 9.38. The van der Waals surface area contributed by atoms with Gasteiger partial charge in [0.2, 0.25) is 5.95 Å². The second-order valence-corrected chi connectivity index (χ2v) is 6.91. The number of aromatic nitrogens is 4. The van der Waals surface area contributed by atoms with Crippen molar-refractivity contribution in [3.8, 4) is 27.7 Å². The van der Waals surface area contributed by atoms with Crippen LogP contribution in [0, 0.1) is 0 Å². The minimum atomic E-state index is 0.572. The van der Waals surface area contributed by atoms with Crippen molar-refractivity contribution in [2.45, 2.75) is 6.54 Å². The molecule has 4 aromatic rings. The summed E-state index contributed by atoms with van der Waals surface area (Å²) >= 11 is 1.65. The van der Waals surface area contributed by atoms with Gasteiger partial charge in [-0.25, -0.2) is 15.0 Å². The molecule has 6 nitrogen and oxygen atoms in total. The number of rotatable bonds is 6. The predicted molar refractivity (Wildman–Crippen MR) is 108 cm³/mol. The van der Waals surface area contributed by atoms with E-state index in [-0.39, 0.29) is 0 Å². The van der Waals surface area contributed by atoms with Crippen molar-refractivity contribution in [1.29, 1.82) is 0 Å². The Morgan fingerprint density at radius 2 is 2.04 bits per heavy atom. The van der Waals surface area contributed by atoms with Gasteiger partial charge in [-0.05, 0) is 17.5 Å². The summed E-state index contributed by atoms with van der Waals surface area (Å²) in [7, 11) is 3.64. The molecule has 3 heterocycles. The summed E-state index contributed by atoms with van der Waals surface area (Å²) in [5.41, 5.74) is 2.83. The number of hydrogen-bond acceptors (Lipinski definition) is 6. The molecule has 1 aromatic carbocycles. The van der Waals surface area contributed by atoms with E-state index in [2.05, 4.69) is 21.4 Å². The number of nitrogens with one attached hydrogen (secondary N) is 1. The van der Waals surface area contributed by atoms with Crippen LogP contribution in [0.4, 0.5) is 5.95 Å². The number of benzene rings is 1. The normalized spacial score (nSPS) is 10.7. The largest absolute Gasteiger partial charge is 0.496 e. The maximum Gasteiger partial charge on any atom is 0.223 e. The van der Waals surface area contributed by atoms with Gasteiger partial charge in [-0.1, -0.05) is 24.3 Å². The van der Waals surface area contributed by atoms with E-state index in [0.717, 1.165) is 33.3 Å². The van der Waals surface area contributed by atoms with Crippen molar-refractivity contribution in [2.24, 2.45) is 7.05 Å². The lowest BCUT2D eigenvalue weighted by Crippen LogP contribution is -2.06. The summed E-state index contributed by atoms with van der Waals surface area (Å²) < 4.78 is 7.38. The van der Waals surface area contributed by atoms with Gasteiger partial charge in [-0.3, -0.25) is 0 Å². The number of aryl methyl sites for hydroxylation is 1. The van der Waals surface area contributed by atoms with E-state index in [0.29, 0.717) is 12.5 Å². The third kappa shape index (κ3) is 3.54. The molecule has 0 aliphatic heterocycles. The predicted octanol–water partition coefficient (Wildman–Crippen LogP) is 4.23. The van der Waals surface area contributed by atoms with Crippen molar-refractivity contribution in [3.05, 3.63) is 65.9 Å². The van der Waals surface area contributed by atoms with Crippen LogP contribution in [0.25, 0.3) is 22.0 Å². The smallest absolute Gasteiger partial charge is 0.223 e. The summed E-state index contributed by atoms with van der Waals surface area (Å²) in [5.74, 6) is 2.25. The minimum Gasteiger partial charge on any atom is -0.496 e. The molecule has 136 valence electrons. The summed E-state index contributed by atoms with van der Waals surface area (Å²) in [6.07, 6.45) is 5.53. The minimum absolute atomic E-state index is 0.572. The van der Waals surface area contributed by atoms with Crippen LogP contribution in [-0.2, 0) is 13.6 Å². The maximum atomic E-state index is 5.41. The van der Waals surface area contributed by atoms with Gasteiger partial charge in [-0.2, -0.15) is 0 Å². The molecular weight excluding hydrogens is 358 g/mol. The van der Waals surface area contributed by atoms with Crippen LogP contribution in [0.1, 0.15) is 5.56 Å². The van der Waals surface area contributed by atoms with Gasteiger partial charge < -0.3 is 14.6 Å². The number of nitrogens with zero attached hydrogens (tertiary/aromatic N) is 4. The first-order chi connectivity index (χ1) is 13.3. The standard InChI is InChI=1S/C20H19N5OS/c1-25-10-9-21-19(25)15-13-23-20(24-18(15)17-8-5-11-27-17)22-12-14-6-3-4-7-16(14)26-2/h3-11,13H,12H2,1-2H3,(H,22,23,24). The van der Waals surface area contributed by atoms with Crippen molar-refractivity contribution in [3.63, 3.8) is 0 Å². The lowest BCUT2D eigenvalue weighted by molar-refractivity contribution is 0.410. The van der Waals surface area contributed by atoms with Crippen molar-refractivity contribution < 1.29 is 4.74 Å². The average molecular weight is 377 g/mol. The van der Waals surface area contributed by atoms with E-state index in [1.165, 1.54) is 0 Å². The van der Waals surface area contributed by atoms with Gasteiger partial charge in [0.05, 0.1) is 23.2 Å². The third-order valence-corrected chi connectivity index (χ3v) is 5.11. The number of thiophene rings is 1. The Balaban J connectivity index is 1.67. The molecule has 0 saturated carbocycles. The zero-order chi connectivity index (χ0) is 18.6. The van der Waals surface area contributed by atoms with Gasteiger partial charge in [0.25, 0.3) is 0 Å². The van der Waals surface area contributed by atoms with Gasteiger partial charge in [0.1, 0.15) is 11.6 Å². The Bertz CT molecular complexity index is 1040. The van der Waals surface area contributed by atoms with Crippen molar-refractivity contribution >= 4 is 17.3 Å². The Morgan fingerprint density at radius 3 is 2.78 bits per heavy atom. The second-order valence-electron chi connectivity index (χ2n) is 5.96. The zero-order valence-corrected chi connectivity index (χ0v) is 15.9. The number of hydrogen-bond donors (Lipinski definition) is 1. The Labute approximate surface area is 161 Å². The molecule has 27 heavy (non-hydrogen) atoms. The quantitative estimate of drug-likeness (QED) is 0.545. The lowest BCUT2D eigenvalue weighted by atomic mass is 10.2. The van der Waals surface area contributed by atoms with Crippen LogP contribution in [0.5, 0.6) is 5.75 Å². The average Bonchev–Trinajstić information content (AvgIpc) is 3.38. The third-order valence-electron chi connectivity index (χ3n) is 4.23. The van der Waals surface area contributed by atoms with E-state index in [1.54, 1.807) is 24.6 Å². The number of methoxy groups -OCH3 is 1. The molecular formula is C20H19N5OS. The second kappa shape index (κ2) is 7.59. The fourth-order valence-corrected chi connectivity index (χ4v) is 3.61. The number of anilines is 1. The molecule has 3 aromatic heterocycles. The molecule has 0 atom stereocenters. The van der Waals surface area contributed by atoms with Gasteiger partial charge in [0, 0.05) is 37.7 Å². The molecule has 0 spiro atoms. The monoisotopic (exact) mass is 377 g/mol. The van der Waals surface area contributed by atoms with Crippen LogP contribution < -0.4 is 10.1 Å². The molecule has 0 aliphatic carbocycles. The molecule has 0 saturated heterocycles. The Morgan fingerprint density at radius 1 is 1.15 bits per heavy atom. The highest BCUT2D eigenvalue weighted by Gasteiger charge is 2.15. The highest BCUT2D eigenvalue weighted by atomic mass is 32.1. The summed E-state index contributed by atoms with van der Waals surface area (Å²) in [6.45, 7) is 0.579. The molecule has 0 bridgehead atoms. The molecule has 0 fully saturated rings. The van der Waals surface area contributed by atoms with Crippen LogP contribution in [-0.4, -0.2) is 26.6 Å². The highest BCUT2D eigenvalue weighted by Crippen LogP contribution is 2.32. The lowest BCUT2D eigenvalue weighted by Gasteiger charge is -2.12. The number of para-hydroxylation sites is 1. The fraction of sp³-hybridized carbons (Fsp3) is 0.150. The molecule has 0 amide bonds. The van der Waals surface area contributed by atoms with E-state index >= 15 is 0 Å². The molecule has 0 unspecified atom stereocenters. The molecule has 4 rings (SSSR count). The molecule has 1 N–H and O–H groups in total. The topological polar surface area (TPSA) is 64.9 Å². The summed E-state index contributed by atoms with van der Waals surface area (Å²) in [5, 5.41) is 5.34. The van der Waals surface area contributed by atoms with Crippen molar-refractivity contribution in [2.75, 3.05) is 12.4 Å². The van der Waals surface area contributed by atoms with E-state index in [1.807, 2.05) is 59.7 Å². The van der Waals surface area contributed by atoms with E-state index < -0.39 is 0 Å². The van der Waals surface area contributed by atoms with Gasteiger partial charge >= 0.3 is 0 Å². The summed E-state index contributed by atoms with van der Waals surface area (Å²) in [6, 6.07) is 12.0. The highest BCUT2D eigenvalue weighted by molar-refractivity contribution is 7.13. The first-order valence-electron chi connectivity index (χ1n) is 8.50. The molecule has 0 aliphatic rings. The van der Waals surface area contributed by atoms with E-state index in [9.17, 15) is 0 Å². The van der Waals surface area contributed by atoms with Crippen LogP contribution in [0.3, 0.4) is 0 Å². The molecule has 0 radical (unpaired) electrons. The SMILES string of the molecule is COc1ccccc1CNc1ncc(-c2nccn2C)c(-c2cccs2)n1. The van der Waals surface area contributed by atoms with Gasteiger partial charge in [0.15, 0.2) is 0 Å². The number of ether oxygens (including phenoxy) is 1. The van der Waals surface area contributed by atoms with Crippen molar-refractivity contribution in [1.82, 2.24) is 19.5 Å². The van der Waals surface area contributed by atoms with Crippen LogP contribution in [0.2, 0.25) is 0 Å². The fourth-order valence-electron chi connectivity index (χ4n) is 2.88. The molecule has 7 heteroatoms. The van der Waals surface area contributed by atoms with Crippen LogP contribution in [0.15, 0.2) is 60.4 Å².